The van der Waals surface area contributed by atoms with Gasteiger partial charge in [-0.1, -0.05) is 47.6 Å². The maximum atomic E-state index is 13.0. The fraction of sp³-hybridized carbons (Fsp3) is 0.143. The number of sulfonamides is 1. The molecule has 8 heteroatoms. The Balaban J connectivity index is 1.71. The second-order valence-electron chi connectivity index (χ2n) is 6.66. The predicted molar refractivity (Wildman–Crippen MR) is 109 cm³/mol. The fourth-order valence-corrected chi connectivity index (χ4v) is 4.29. The van der Waals surface area contributed by atoms with Gasteiger partial charge < -0.3 is 8.94 Å². The SMILES string of the molecule is Cc1noc(NS(=O)(=O)c2ccccc2-c2ccc(-c3ncoc3C)cc2)c1C. The lowest BCUT2D eigenvalue weighted by atomic mass is 10.0. The van der Waals surface area contributed by atoms with E-state index in [0.717, 1.165) is 22.6 Å². The van der Waals surface area contributed by atoms with Crippen LogP contribution in [0, 0.1) is 20.8 Å². The van der Waals surface area contributed by atoms with Gasteiger partial charge in [0.2, 0.25) is 5.88 Å². The van der Waals surface area contributed by atoms with E-state index < -0.39 is 10.0 Å². The highest BCUT2D eigenvalue weighted by Crippen LogP contribution is 2.31. The third kappa shape index (κ3) is 3.54. The third-order valence-electron chi connectivity index (χ3n) is 4.77. The first kappa shape index (κ1) is 18.9. The van der Waals surface area contributed by atoms with Crippen LogP contribution in [0.3, 0.4) is 0 Å². The standard InChI is InChI=1S/C21H19N3O4S/c1-13-14(2)23-28-21(13)24-29(25,26)19-7-5-4-6-18(19)16-8-10-17(11-9-16)20-15(3)27-12-22-20/h4-12,24H,1-3H3. The van der Waals surface area contributed by atoms with Crippen LogP contribution in [0.25, 0.3) is 22.4 Å². The lowest BCUT2D eigenvalue weighted by Gasteiger charge is -2.12. The Hall–Kier alpha value is -3.39. The van der Waals surface area contributed by atoms with E-state index in [1.54, 1.807) is 38.1 Å². The van der Waals surface area contributed by atoms with Gasteiger partial charge in [-0.25, -0.2) is 18.1 Å². The molecule has 0 unspecified atom stereocenters. The number of aromatic nitrogens is 2. The molecule has 0 radical (unpaired) electrons. The van der Waals surface area contributed by atoms with E-state index in [2.05, 4.69) is 14.9 Å². The first-order valence-corrected chi connectivity index (χ1v) is 10.4. The molecule has 0 saturated heterocycles. The molecule has 0 bridgehead atoms. The highest BCUT2D eigenvalue weighted by atomic mass is 32.2. The Bertz CT molecular complexity index is 1270. The highest BCUT2D eigenvalue weighted by Gasteiger charge is 2.22. The fourth-order valence-electron chi connectivity index (χ4n) is 3.02. The van der Waals surface area contributed by atoms with Gasteiger partial charge >= 0.3 is 0 Å². The molecule has 2 aromatic heterocycles. The third-order valence-corrected chi connectivity index (χ3v) is 6.16. The molecule has 0 aliphatic carbocycles. The lowest BCUT2D eigenvalue weighted by molar-refractivity contribution is 0.430. The van der Waals surface area contributed by atoms with Crippen molar-refractivity contribution < 1.29 is 17.4 Å². The van der Waals surface area contributed by atoms with Gasteiger partial charge in [-0.2, -0.15) is 0 Å². The second-order valence-corrected chi connectivity index (χ2v) is 8.31. The van der Waals surface area contributed by atoms with Crippen molar-refractivity contribution in [3.05, 3.63) is 71.9 Å². The number of hydrogen-bond donors (Lipinski definition) is 1. The van der Waals surface area contributed by atoms with Crippen LogP contribution in [0.15, 0.2) is 68.8 Å². The van der Waals surface area contributed by atoms with Gasteiger partial charge in [-0.15, -0.1) is 0 Å². The van der Waals surface area contributed by atoms with Crippen LogP contribution in [0.2, 0.25) is 0 Å². The first-order valence-electron chi connectivity index (χ1n) is 8.92. The quantitative estimate of drug-likeness (QED) is 0.512. The molecule has 2 heterocycles. The molecule has 0 saturated carbocycles. The van der Waals surface area contributed by atoms with Crippen LogP contribution >= 0.6 is 0 Å². The van der Waals surface area contributed by atoms with Crippen LogP contribution in [0.5, 0.6) is 0 Å². The predicted octanol–water partition coefficient (Wildman–Crippen LogP) is 4.72. The maximum absolute atomic E-state index is 13.0. The van der Waals surface area contributed by atoms with Crippen molar-refractivity contribution in [3.63, 3.8) is 0 Å². The van der Waals surface area contributed by atoms with Crippen molar-refractivity contribution in [1.29, 1.82) is 0 Å². The Morgan fingerprint density at radius 2 is 1.62 bits per heavy atom. The molecule has 7 nitrogen and oxygen atoms in total. The molecule has 0 amide bonds. The average molecular weight is 409 g/mol. The summed E-state index contributed by atoms with van der Waals surface area (Å²) in [5, 5.41) is 3.80. The average Bonchev–Trinajstić information content (AvgIpc) is 3.28. The van der Waals surface area contributed by atoms with Crippen molar-refractivity contribution in [2.24, 2.45) is 0 Å². The zero-order chi connectivity index (χ0) is 20.6. The second kappa shape index (κ2) is 7.21. The van der Waals surface area contributed by atoms with E-state index in [1.807, 2.05) is 31.2 Å². The van der Waals surface area contributed by atoms with Crippen molar-refractivity contribution in [2.75, 3.05) is 4.72 Å². The lowest BCUT2D eigenvalue weighted by Crippen LogP contribution is -2.14. The number of nitrogens with zero attached hydrogens (tertiary/aromatic N) is 2. The summed E-state index contributed by atoms with van der Waals surface area (Å²) >= 11 is 0. The van der Waals surface area contributed by atoms with Gasteiger partial charge in [0.1, 0.15) is 11.5 Å². The molecule has 4 rings (SSSR count). The molecule has 0 aliphatic rings. The first-order chi connectivity index (χ1) is 13.9. The van der Waals surface area contributed by atoms with Gasteiger partial charge in [-0.3, -0.25) is 0 Å². The zero-order valence-electron chi connectivity index (χ0n) is 16.1. The highest BCUT2D eigenvalue weighted by molar-refractivity contribution is 7.92. The summed E-state index contributed by atoms with van der Waals surface area (Å²) in [7, 11) is -3.87. The van der Waals surface area contributed by atoms with E-state index >= 15 is 0 Å². The number of aryl methyl sites for hydroxylation is 2. The van der Waals surface area contributed by atoms with Gasteiger partial charge in [0.15, 0.2) is 6.39 Å². The minimum absolute atomic E-state index is 0.120. The van der Waals surface area contributed by atoms with Crippen molar-refractivity contribution in [3.8, 4) is 22.4 Å². The summed E-state index contributed by atoms with van der Waals surface area (Å²) in [5.74, 6) is 0.844. The van der Waals surface area contributed by atoms with Gasteiger partial charge in [0.25, 0.3) is 10.0 Å². The molecule has 0 spiro atoms. The van der Waals surface area contributed by atoms with E-state index in [4.69, 9.17) is 8.94 Å². The number of oxazole rings is 1. The van der Waals surface area contributed by atoms with Crippen LogP contribution in [-0.2, 0) is 10.0 Å². The number of nitrogens with one attached hydrogen (secondary N) is 1. The molecule has 29 heavy (non-hydrogen) atoms. The summed E-state index contributed by atoms with van der Waals surface area (Å²) in [6.45, 7) is 5.35. The molecule has 4 aromatic rings. The largest absolute Gasteiger partial charge is 0.448 e. The van der Waals surface area contributed by atoms with Crippen molar-refractivity contribution in [2.45, 2.75) is 25.7 Å². The Morgan fingerprint density at radius 3 is 2.24 bits per heavy atom. The van der Waals surface area contributed by atoms with E-state index in [1.165, 1.54) is 6.39 Å². The molecular formula is C21H19N3O4S. The minimum atomic E-state index is -3.87. The molecular weight excluding hydrogens is 390 g/mol. The zero-order valence-corrected chi connectivity index (χ0v) is 16.9. The molecule has 0 aliphatic heterocycles. The van der Waals surface area contributed by atoms with Crippen LogP contribution < -0.4 is 4.72 Å². The molecule has 148 valence electrons. The molecule has 1 N–H and O–H groups in total. The topological polar surface area (TPSA) is 98.2 Å². The van der Waals surface area contributed by atoms with E-state index in [-0.39, 0.29) is 10.8 Å². The summed E-state index contributed by atoms with van der Waals surface area (Å²) in [6.07, 6.45) is 1.40. The molecule has 0 atom stereocenters. The van der Waals surface area contributed by atoms with Crippen LogP contribution in [0.4, 0.5) is 5.88 Å². The normalized spacial score (nSPS) is 11.6. The summed E-state index contributed by atoms with van der Waals surface area (Å²) in [6, 6.07) is 14.3. The number of hydrogen-bond acceptors (Lipinski definition) is 6. The van der Waals surface area contributed by atoms with E-state index in [9.17, 15) is 8.42 Å². The smallest absolute Gasteiger partial charge is 0.264 e. The van der Waals surface area contributed by atoms with Gasteiger partial charge in [0, 0.05) is 16.7 Å². The maximum Gasteiger partial charge on any atom is 0.264 e. The van der Waals surface area contributed by atoms with Crippen LogP contribution in [-0.4, -0.2) is 18.6 Å². The van der Waals surface area contributed by atoms with Crippen LogP contribution in [0.1, 0.15) is 17.0 Å². The summed E-state index contributed by atoms with van der Waals surface area (Å²) in [5.41, 5.74) is 4.29. The van der Waals surface area contributed by atoms with Crippen molar-refractivity contribution >= 4 is 15.9 Å². The van der Waals surface area contributed by atoms with Gasteiger partial charge in [-0.05, 0) is 32.4 Å². The Morgan fingerprint density at radius 1 is 0.931 bits per heavy atom. The summed E-state index contributed by atoms with van der Waals surface area (Å²) in [4.78, 5) is 4.37. The van der Waals surface area contributed by atoms with E-state index in [0.29, 0.717) is 16.8 Å². The molecule has 2 aromatic carbocycles. The van der Waals surface area contributed by atoms with Gasteiger partial charge in [0.05, 0.1) is 10.6 Å². The molecule has 0 fully saturated rings. The van der Waals surface area contributed by atoms with Crippen molar-refractivity contribution in [1.82, 2.24) is 10.1 Å². The Kier molecular flexibility index (Phi) is 4.71. The summed E-state index contributed by atoms with van der Waals surface area (Å²) < 4.78 is 38.9. The number of benzene rings is 2. The number of anilines is 1. The minimum Gasteiger partial charge on any atom is -0.448 e. The number of rotatable bonds is 5. The Labute approximate surface area is 168 Å². The monoisotopic (exact) mass is 409 g/mol.